The molecule has 90 valence electrons. The fourth-order valence-electron chi connectivity index (χ4n) is 2.75. The van der Waals surface area contributed by atoms with Gasteiger partial charge in [-0.1, -0.05) is 40.0 Å². The maximum Gasteiger partial charge on any atom is 0.00950 e. The van der Waals surface area contributed by atoms with Gasteiger partial charge in [-0.15, -0.1) is 0 Å². The fourth-order valence-corrected chi connectivity index (χ4v) is 2.75. The standard InChI is InChI=1S/C14H29N/c1-5-6-9-12(2)13(3)14(4)15-10-7-8-11-15/h12-14H,5-11H2,1-4H3. The minimum atomic E-state index is 0.791. The molecule has 1 saturated heterocycles. The predicted molar refractivity (Wildman–Crippen MR) is 68.1 cm³/mol. The average molecular weight is 211 g/mol. The second kappa shape index (κ2) is 6.52. The number of unbranched alkanes of at least 4 members (excludes halogenated alkanes) is 1. The summed E-state index contributed by atoms with van der Waals surface area (Å²) in [6.07, 6.45) is 6.99. The molecule has 1 rings (SSSR count). The molecular formula is C14H29N. The first kappa shape index (κ1) is 13.0. The first-order valence-corrected chi connectivity index (χ1v) is 6.90. The van der Waals surface area contributed by atoms with Crippen LogP contribution in [0.2, 0.25) is 0 Å². The lowest BCUT2D eigenvalue weighted by molar-refractivity contribution is 0.156. The van der Waals surface area contributed by atoms with E-state index in [1.165, 1.54) is 45.2 Å². The molecule has 1 fully saturated rings. The first-order chi connectivity index (χ1) is 7.16. The van der Waals surface area contributed by atoms with Crippen LogP contribution in [-0.2, 0) is 0 Å². The van der Waals surface area contributed by atoms with Crippen molar-refractivity contribution in [3.05, 3.63) is 0 Å². The Labute approximate surface area is 96.2 Å². The van der Waals surface area contributed by atoms with Crippen molar-refractivity contribution in [1.29, 1.82) is 0 Å². The Morgan fingerprint density at radius 1 is 1.07 bits per heavy atom. The Balaban J connectivity index is 2.33. The molecule has 1 aliphatic rings. The second-order valence-electron chi connectivity index (χ2n) is 5.46. The van der Waals surface area contributed by atoms with Gasteiger partial charge in [0.15, 0.2) is 0 Å². The number of hydrogen-bond donors (Lipinski definition) is 0. The van der Waals surface area contributed by atoms with Crippen LogP contribution in [-0.4, -0.2) is 24.0 Å². The highest BCUT2D eigenvalue weighted by atomic mass is 15.2. The molecular weight excluding hydrogens is 182 g/mol. The summed E-state index contributed by atoms with van der Waals surface area (Å²) < 4.78 is 0. The van der Waals surface area contributed by atoms with E-state index in [1.54, 1.807) is 0 Å². The van der Waals surface area contributed by atoms with Crippen molar-refractivity contribution in [3.8, 4) is 0 Å². The van der Waals surface area contributed by atoms with Gasteiger partial charge in [0.25, 0.3) is 0 Å². The van der Waals surface area contributed by atoms with E-state index in [4.69, 9.17) is 0 Å². The molecule has 0 spiro atoms. The summed E-state index contributed by atoms with van der Waals surface area (Å²) >= 11 is 0. The van der Waals surface area contributed by atoms with E-state index in [9.17, 15) is 0 Å². The minimum absolute atomic E-state index is 0.791. The van der Waals surface area contributed by atoms with E-state index in [0.717, 1.165) is 17.9 Å². The van der Waals surface area contributed by atoms with Crippen LogP contribution in [0.15, 0.2) is 0 Å². The van der Waals surface area contributed by atoms with Crippen molar-refractivity contribution < 1.29 is 0 Å². The van der Waals surface area contributed by atoms with E-state index < -0.39 is 0 Å². The van der Waals surface area contributed by atoms with Crippen LogP contribution in [0.1, 0.15) is 59.8 Å². The van der Waals surface area contributed by atoms with Crippen LogP contribution in [0.25, 0.3) is 0 Å². The molecule has 1 nitrogen and oxygen atoms in total. The Kier molecular flexibility index (Phi) is 5.66. The highest BCUT2D eigenvalue weighted by Gasteiger charge is 2.25. The molecule has 1 heteroatoms. The van der Waals surface area contributed by atoms with Gasteiger partial charge in [-0.3, -0.25) is 0 Å². The Hall–Kier alpha value is -0.0400. The zero-order valence-electron chi connectivity index (χ0n) is 11.1. The lowest BCUT2D eigenvalue weighted by Crippen LogP contribution is -2.37. The maximum absolute atomic E-state index is 2.69. The molecule has 3 unspecified atom stereocenters. The third kappa shape index (κ3) is 3.79. The van der Waals surface area contributed by atoms with Crippen molar-refractivity contribution >= 4 is 0 Å². The minimum Gasteiger partial charge on any atom is -0.300 e. The molecule has 0 aromatic rings. The molecule has 0 radical (unpaired) electrons. The van der Waals surface area contributed by atoms with E-state index in [0.29, 0.717) is 0 Å². The Morgan fingerprint density at radius 3 is 2.20 bits per heavy atom. The number of nitrogens with zero attached hydrogens (tertiary/aromatic N) is 1. The van der Waals surface area contributed by atoms with Gasteiger partial charge in [0.1, 0.15) is 0 Å². The van der Waals surface area contributed by atoms with Crippen LogP contribution >= 0.6 is 0 Å². The molecule has 0 bridgehead atoms. The van der Waals surface area contributed by atoms with Gasteiger partial charge in [-0.2, -0.15) is 0 Å². The predicted octanol–water partition coefficient (Wildman–Crippen LogP) is 3.93. The summed E-state index contributed by atoms with van der Waals surface area (Å²) in [6.45, 7) is 12.3. The molecule has 0 saturated carbocycles. The number of likely N-dealkylation sites (tertiary alicyclic amines) is 1. The van der Waals surface area contributed by atoms with E-state index >= 15 is 0 Å². The van der Waals surface area contributed by atoms with Gasteiger partial charge in [0.05, 0.1) is 0 Å². The molecule has 0 aliphatic carbocycles. The summed E-state index contributed by atoms with van der Waals surface area (Å²) in [5.41, 5.74) is 0. The van der Waals surface area contributed by atoms with Crippen LogP contribution in [0.4, 0.5) is 0 Å². The molecule has 15 heavy (non-hydrogen) atoms. The quantitative estimate of drug-likeness (QED) is 0.643. The number of hydrogen-bond acceptors (Lipinski definition) is 1. The van der Waals surface area contributed by atoms with Crippen molar-refractivity contribution in [3.63, 3.8) is 0 Å². The lowest BCUT2D eigenvalue weighted by atomic mass is 9.85. The van der Waals surface area contributed by atoms with Gasteiger partial charge in [0.2, 0.25) is 0 Å². The zero-order chi connectivity index (χ0) is 11.3. The van der Waals surface area contributed by atoms with Gasteiger partial charge < -0.3 is 4.90 Å². The summed E-state index contributed by atoms with van der Waals surface area (Å²) in [6, 6.07) is 0.791. The Bertz CT molecular complexity index is 161. The molecule has 0 aromatic heterocycles. The summed E-state index contributed by atoms with van der Waals surface area (Å²) in [5, 5.41) is 0. The van der Waals surface area contributed by atoms with E-state index in [-0.39, 0.29) is 0 Å². The van der Waals surface area contributed by atoms with Crippen molar-refractivity contribution in [2.75, 3.05) is 13.1 Å². The SMILES string of the molecule is CCCCC(C)C(C)C(C)N1CCCC1. The monoisotopic (exact) mass is 211 g/mol. The molecule has 0 amide bonds. The second-order valence-corrected chi connectivity index (χ2v) is 5.46. The van der Waals surface area contributed by atoms with Gasteiger partial charge in [0, 0.05) is 6.04 Å². The summed E-state index contributed by atoms with van der Waals surface area (Å²) in [5.74, 6) is 1.75. The first-order valence-electron chi connectivity index (χ1n) is 6.90. The molecule has 1 heterocycles. The topological polar surface area (TPSA) is 3.24 Å². The molecule has 1 aliphatic heterocycles. The zero-order valence-corrected chi connectivity index (χ0v) is 11.1. The third-order valence-electron chi connectivity index (χ3n) is 4.39. The molecule has 0 aromatic carbocycles. The van der Waals surface area contributed by atoms with Gasteiger partial charge in [-0.05, 0) is 44.7 Å². The lowest BCUT2D eigenvalue weighted by Gasteiger charge is -2.33. The van der Waals surface area contributed by atoms with Crippen molar-refractivity contribution in [1.82, 2.24) is 4.90 Å². The average Bonchev–Trinajstić information content (AvgIpc) is 2.77. The highest BCUT2D eigenvalue weighted by molar-refractivity contribution is 4.79. The van der Waals surface area contributed by atoms with E-state index in [2.05, 4.69) is 32.6 Å². The number of rotatable bonds is 6. The Morgan fingerprint density at radius 2 is 1.67 bits per heavy atom. The third-order valence-corrected chi connectivity index (χ3v) is 4.39. The molecule has 3 atom stereocenters. The fraction of sp³-hybridized carbons (Fsp3) is 1.00. The van der Waals surface area contributed by atoms with Crippen LogP contribution in [0.3, 0.4) is 0 Å². The smallest absolute Gasteiger partial charge is 0.00950 e. The molecule has 0 N–H and O–H groups in total. The van der Waals surface area contributed by atoms with Crippen molar-refractivity contribution in [2.45, 2.75) is 65.8 Å². The highest BCUT2D eigenvalue weighted by Crippen LogP contribution is 2.26. The van der Waals surface area contributed by atoms with Crippen LogP contribution in [0, 0.1) is 11.8 Å². The summed E-state index contributed by atoms with van der Waals surface area (Å²) in [7, 11) is 0. The largest absolute Gasteiger partial charge is 0.300 e. The summed E-state index contributed by atoms with van der Waals surface area (Å²) in [4.78, 5) is 2.69. The van der Waals surface area contributed by atoms with Crippen LogP contribution in [0.5, 0.6) is 0 Å². The maximum atomic E-state index is 2.69. The van der Waals surface area contributed by atoms with Crippen molar-refractivity contribution in [2.24, 2.45) is 11.8 Å². The van der Waals surface area contributed by atoms with Gasteiger partial charge in [-0.25, -0.2) is 0 Å². The normalized spacial score (nSPS) is 24.0. The van der Waals surface area contributed by atoms with Gasteiger partial charge >= 0.3 is 0 Å². The van der Waals surface area contributed by atoms with Crippen LogP contribution < -0.4 is 0 Å². The van der Waals surface area contributed by atoms with E-state index in [1.807, 2.05) is 0 Å².